The molecule has 0 saturated heterocycles. The molecule has 0 aliphatic rings. The van der Waals surface area contributed by atoms with Gasteiger partial charge in [-0.15, -0.1) is 0 Å². The third-order valence-electron chi connectivity index (χ3n) is 1.45. The van der Waals surface area contributed by atoms with Crippen molar-refractivity contribution in [3.05, 3.63) is 0 Å². The lowest BCUT2D eigenvalue weighted by Crippen LogP contribution is -2.33. The quantitative estimate of drug-likeness (QED) is 0.747. The number of amides is 1. The minimum Gasteiger partial charge on any atom is -0.354 e. The predicted octanol–water partition coefficient (Wildman–Crippen LogP) is 1.44. The van der Waals surface area contributed by atoms with E-state index in [0.717, 1.165) is 6.42 Å². The van der Waals surface area contributed by atoms with Crippen molar-refractivity contribution < 1.29 is 4.79 Å². The molecule has 12 heavy (non-hydrogen) atoms. The van der Waals surface area contributed by atoms with Crippen LogP contribution in [0, 0.1) is 17.2 Å². The highest BCUT2D eigenvalue weighted by molar-refractivity contribution is 9.10. The van der Waals surface area contributed by atoms with Crippen LogP contribution in [0.5, 0.6) is 0 Å². The monoisotopic (exact) mass is 232 g/mol. The van der Waals surface area contributed by atoms with Crippen LogP contribution in [0.1, 0.15) is 20.3 Å². The molecule has 0 aromatic heterocycles. The van der Waals surface area contributed by atoms with Gasteiger partial charge in [0.15, 0.2) is 0 Å². The fourth-order valence-corrected chi connectivity index (χ4v) is 0.757. The molecule has 0 aliphatic heterocycles. The average Bonchev–Trinajstić information content (AvgIpc) is 2.11. The molecule has 0 heterocycles. The number of hydrogen-bond acceptors (Lipinski definition) is 2. The molecule has 0 aliphatic carbocycles. The zero-order chi connectivity index (χ0) is 9.56. The topological polar surface area (TPSA) is 52.9 Å². The van der Waals surface area contributed by atoms with E-state index in [4.69, 9.17) is 5.26 Å². The molecule has 0 aromatic carbocycles. The van der Waals surface area contributed by atoms with Crippen LogP contribution in [0.3, 0.4) is 0 Å². The second-order valence-electron chi connectivity index (χ2n) is 2.65. The molecular formula is C8H13BrN2O. The highest BCUT2D eigenvalue weighted by atomic mass is 79.9. The van der Waals surface area contributed by atoms with E-state index in [-0.39, 0.29) is 16.7 Å². The molecule has 0 bridgehead atoms. The molecule has 4 heteroatoms. The Balaban J connectivity index is 3.65. The van der Waals surface area contributed by atoms with Gasteiger partial charge in [0, 0.05) is 6.54 Å². The Kier molecular flexibility index (Phi) is 5.73. The maximum atomic E-state index is 11.1. The standard InChI is InChI=1S/C8H13BrN2O/c1-3-7(9)8(12)11-5-6(2)4-10/h6-7H,3,5H2,1-2H3,(H,11,12). The van der Waals surface area contributed by atoms with Crippen molar-refractivity contribution >= 4 is 21.8 Å². The first-order valence-corrected chi connectivity index (χ1v) is 4.84. The zero-order valence-electron chi connectivity index (χ0n) is 7.30. The van der Waals surface area contributed by atoms with Gasteiger partial charge in [-0.25, -0.2) is 0 Å². The molecule has 2 unspecified atom stereocenters. The lowest BCUT2D eigenvalue weighted by Gasteiger charge is -2.08. The Morgan fingerprint density at radius 2 is 2.33 bits per heavy atom. The minimum atomic E-state index is -0.136. The Morgan fingerprint density at radius 3 is 2.75 bits per heavy atom. The van der Waals surface area contributed by atoms with Crippen molar-refractivity contribution in [1.82, 2.24) is 5.32 Å². The molecule has 1 N–H and O–H groups in total. The highest BCUT2D eigenvalue weighted by Gasteiger charge is 2.12. The summed E-state index contributed by atoms with van der Waals surface area (Å²) >= 11 is 3.22. The van der Waals surface area contributed by atoms with Gasteiger partial charge in [0.05, 0.1) is 16.8 Å². The molecule has 0 rings (SSSR count). The molecule has 0 saturated carbocycles. The van der Waals surface area contributed by atoms with Crippen LogP contribution in [0.2, 0.25) is 0 Å². The number of hydrogen-bond donors (Lipinski definition) is 1. The van der Waals surface area contributed by atoms with Gasteiger partial charge in [0.2, 0.25) is 5.91 Å². The van der Waals surface area contributed by atoms with Crippen molar-refractivity contribution in [1.29, 1.82) is 5.26 Å². The number of nitrogens with zero attached hydrogens (tertiary/aromatic N) is 1. The number of alkyl halides is 1. The first kappa shape index (κ1) is 11.4. The molecular weight excluding hydrogens is 220 g/mol. The van der Waals surface area contributed by atoms with E-state index in [1.807, 2.05) is 13.0 Å². The van der Waals surface area contributed by atoms with Gasteiger partial charge in [0.1, 0.15) is 0 Å². The smallest absolute Gasteiger partial charge is 0.233 e. The predicted molar refractivity (Wildman–Crippen MR) is 50.8 cm³/mol. The summed E-state index contributed by atoms with van der Waals surface area (Å²) in [6.45, 7) is 4.12. The fourth-order valence-electron chi connectivity index (χ4n) is 0.595. The van der Waals surface area contributed by atoms with Gasteiger partial charge in [-0.2, -0.15) is 5.26 Å². The summed E-state index contributed by atoms with van der Waals surface area (Å²) in [4.78, 5) is 11.0. The van der Waals surface area contributed by atoms with Crippen LogP contribution in [-0.4, -0.2) is 17.3 Å². The molecule has 0 spiro atoms. The molecule has 68 valence electrons. The van der Waals surface area contributed by atoms with Crippen LogP contribution < -0.4 is 5.32 Å². The number of halogens is 1. The number of nitriles is 1. The highest BCUT2D eigenvalue weighted by Crippen LogP contribution is 2.03. The summed E-state index contributed by atoms with van der Waals surface area (Å²) in [5, 5.41) is 11.1. The van der Waals surface area contributed by atoms with Crippen molar-refractivity contribution in [2.24, 2.45) is 5.92 Å². The van der Waals surface area contributed by atoms with Crippen molar-refractivity contribution in [3.63, 3.8) is 0 Å². The third kappa shape index (κ3) is 4.35. The van der Waals surface area contributed by atoms with Crippen LogP contribution in [0.4, 0.5) is 0 Å². The molecule has 0 fully saturated rings. The van der Waals surface area contributed by atoms with E-state index < -0.39 is 0 Å². The first-order valence-electron chi connectivity index (χ1n) is 3.93. The van der Waals surface area contributed by atoms with E-state index >= 15 is 0 Å². The molecule has 3 nitrogen and oxygen atoms in total. The first-order chi connectivity index (χ1) is 5.61. The van der Waals surface area contributed by atoms with Gasteiger partial charge in [0.25, 0.3) is 0 Å². The maximum Gasteiger partial charge on any atom is 0.233 e. The summed E-state index contributed by atoms with van der Waals surface area (Å²) in [6.07, 6.45) is 0.757. The number of carbonyl (C=O) groups excluding carboxylic acids is 1. The van der Waals surface area contributed by atoms with E-state index in [1.165, 1.54) is 0 Å². The summed E-state index contributed by atoms with van der Waals surface area (Å²) in [5.41, 5.74) is 0. The van der Waals surface area contributed by atoms with E-state index in [2.05, 4.69) is 21.2 Å². The van der Waals surface area contributed by atoms with Gasteiger partial charge < -0.3 is 5.32 Å². The Bertz CT molecular complexity index is 188. The van der Waals surface area contributed by atoms with E-state index in [9.17, 15) is 4.79 Å². The number of carbonyl (C=O) groups is 1. The van der Waals surface area contributed by atoms with Gasteiger partial charge >= 0.3 is 0 Å². The summed E-state index contributed by atoms with van der Waals surface area (Å²) in [7, 11) is 0. The lowest BCUT2D eigenvalue weighted by molar-refractivity contribution is -0.120. The Morgan fingerprint density at radius 1 is 1.75 bits per heavy atom. The fraction of sp³-hybridized carbons (Fsp3) is 0.750. The summed E-state index contributed by atoms with van der Waals surface area (Å²) < 4.78 is 0. The van der Waals surface area contributed by atoms with E-state index in [1.54, 1.807) is 6.92 Å². The van der Waals surface area contributed by atoms with E-state index in [0.29, 0.717) is 6.54 Å². The average molecular weight is 233 g/mol. The van der Waals surface area contributed by atoms with Gasteiger partial charge in [-0.3, -0.25) is 4.79 Å². The van der Waals surface area contributed by atoms with Gasteiger partial charge in [-0.05, 0) is 13.3 Å². The van der Waals surface area contributed by atoms with Crippen LogP contribution >= 0.6 is 15.9 Å². The molecule has 2 atom stereocenters. The largest absolute Gasteiger partial charge is 0.354 e. The third-order valence-corrected chi connectivity index (χ3v) is 2.51. The lowest BCUT2D eigenvalue weighted by atomic mass is 10.2. The van der Waals surface area contributed by atoms with Crippen LogP contribution in [0.15, 0.2) is 0 Å². The zero-order valence-corrected chi connectivity index (χ0v) is 8.89. The Labute approximate surface area is 81.3 Å². The van der Waals surface area contributed by atoms with Gasteiger partial charge in [-0.1, -0.05) is 22.9 Å². The molecule has 1 amide bonds. The van der Waals surface area contributed by atoms with Crippen molar-refractivity contribution in [2.45, 2.75) is 25.1 Å². The van der Waals surface area contributed by atoms with Crippen molar-refractivity contribution in [3.8, 4) is 6.07 Å². The van der Waals surface area contributed by atoms with Crippen LogP contribution in [0.25, 0.3) is 0 Å². The SMILES string of the molecule is CCC(Br)C(=O)NCC(C)C#N. The second kappa shape index (κ2) is 6.01. The maximum absolute atomic E-state index is 11.1. The number of nitrogens with one attached hydrogen (secondary N) is 1. The minimum absolute atomic E-state index is 0.0420. The normalized spacial score (nSPS) is 14.5. The van der Waals surface area contributed by atoms with Crippen LogP contribution in [-0.2, 0) is 4.79 Å². The second-order valence-corrected chi connectivity index (χ2v) is 3.76. The van der Waals surface area contributed by atoms with Crippen molar-refractivity contribution in [2.75, 3.05) is 6.54 Å². The molecule has 0 radical (unpaired) electrons. The Hall–Kier alpha value is -0.560. The molecule has 0 aromatic rings. The summed E-state index contributed by atoms with van der Waals surface area (Å²) in [5.74, 6) is -0.162. The summed E-state index contributed by atoms with van der Waals surface area (Å²) in [6, 6.07) is 2.05. The number of rotatable bonds is 4.